The minimum Gasteiger partial charge on any atom is -0.357 e. The minimum atomic E-state index is -1.02. The van der Waals surface area contributed by atoms with Crippen molar-refractivity contribution in [3.8, 4) is 0 Å². The van der Waals surface area contributed by atoms with Gasteiger partial charge < -0.3 is 4.57 Å². The number of alkyl halides is 1. The molecule has 2 heteroatoms. The Hall–Kier alpha value is -1.57. The van der Waals surface area contributed by atoms with E-state index in [1.807, 2.05) is 61.3 Å². The van der Waals surface area contributed by atoms with E-state index in [1.54, 1.807) is 0 Å². The summed E-state index contributed by atoms with van der Waals surface area (Å²) in [6, 6.07) is 9.39. The molecule has 78 valence electrons. The zero-order valence-electron chi connectivity index (χ0n) is 8.94. The van der Waals surface area contributed by atoms with Gasteiger partial charge in [0.2, 0.25) is 0 Å². The first kappa shape index (κ1) is 9.97. The van der Waals surface area contributed by atoms with Crippen molar-refractivity contribution in [3.05, 3.63) is 59.4 Å². The molecule has 0 aliphatic carbocycles. The van der Waals surface area contributed by atoms with Gasteiger partial charge in [-0.15, -0.1) is 0 Å². The molecule has 0 radical (unpaired) electrons. The Labute approximate surface area is 89.2 Å². The molecule has 0 bridgehead atoms. The maximum atomic E-state index is 14.0. The van der Waals surface area contributed by atoms with Gasteiger partial charge in [0.05, 0.1) is 0 Å². The molecule has 1 atom stereocenters. The minimum absolute atomic E-state index is 0.711. The summed E-state index contributed by atoms with van der Waals surface area (Å²) in [7, 11) is 1.90. The van der Waals surface area contributed by atoms with E-state index in [2.05, 4.69) is 0 Å². The van der Waals surface area contributed by atoms with Crippen LogP contribution in [-0.4, -0.2) is 4.57 Å². The third-order valence-electron chi connectivity index (χ3n) is 2.48. The number of aryl methyl sites for hydroxylation is 2. The van der Waals surface area contributed by atoms with Crippen LogP contribution in [0.3, 0.4) is 0 Å². The van der Waals surface area contributed by atoms with Crippen LogP contribution in [0.15, 0.2) is 42.7 Å². The van der Waals surface area contributed by atoms with Crippen molar-refractivity contribution in [2.75, 3.05) is 0 Å². The Kier molecular flexibility index (Phi) is 2.58. The molecule has 0 N–H and O–H groups in total. The van der Waals surface area contributed by atoms with Gasteiger partial charge in [-0.3, -0.25) is 0 Å². The van der Waals surface area contributed by atoms with E-state index in [1.165, 1.54) is 0 Å². The monoisotopic (exact) mass is 203 g/mol. The fourth-order valence-electron chi connectivity index (χ4n) is 1.69. The van der Waals surface area contributed by atoms with Crippen LogP contribution >= 0.6 is 0 Å². The Bertz CT molecular complexity index is 459. The van der Waals surface area contributed by atoms with Crippen molar-refractivity contribution in [2.24, 2.45) is 7.05 Å². The first-order chi connectivity index (χ1) is 7.16. The molecule has 15 heavy (non-hydrogen) atoms. The second kappa shape index (κ2) is 3.89. The molecule has 0 saturated carbocycles. The van der Waals surface area contributed by atoms with E-state index in [0.29, 0.717) is 5.56 Å². The molecule has 1 unspecified atom stereocenters. The number of benzene rings is 1. The highest BCUT2D eigenvalue weighted by atomic mass is 19.1. The molecular weight excluding hydrogens is 189 g/mol. The van der Waals surface area contributed by atoms with Crippen molar-refractivity contribution in [1.82, 2.24) is 4.57 Å². The molecule has 1 aromatic heterocycles. The van der Waals surface area contributed by atoms with E-state index in [0.717, 1.165) is 11.1 Å². The molecule has 1 heterocycles. The molecule has 0 fully saturated rings. The fraction of sp³-hybridized carbons (Fsp3) is 0.231. The molecule has 1 aromatic carbocycles. The number of halogens is 1. The predicted molar refractivity (Wildman–Crippen MR) is 59.5 cm³/mol. The molecule has 2 aromatic rings. The van der Waals surface area contributed by atoms with E-state index >= 15 is 0 Å². The molecule has 1 nitrogen and oxygen atoms in total. The third-order valence-corrected chi connectivity index (χ3v) is 2.48. The molecule has 0 aliphatic rings. The van der Waals surface area contributed by atoms with Gasteiger partial charge in [0, 0.05) is 25.0 Å². The van der Waals surface area contributed by atoms with Crippen LogP contribution in [-0.2, 0) is 7.05 Å². The topological polar surface area (TPSA) is 4.93 Å². The van der Waals surface area contributed by atoms with Gasteiger partial charge >= 0.3 is 0 Å². The SMILES string of the molecule is Cc1cccc(C(F)c2ccn(C)c2)c1. The van der Waals surface area contributed by atoms with Gasteiger partial charge in [-0.25, -0.2) is 4.39 Å². The van der Waals surface area contributed by atoms with Gasteiger partial charge in [0.1, 0.15) is 0 Å². The summed E-state index contributed by atoms with van der Waals surface area (Å²) >= 11 is 0. The van der Waals surface area contributed by atoms with Crippen LogP contribution in [0.1, 0.15) is 22.9 Å². The van der Waals surface area contributed by atoms with Crippen LogP contribution in [0, 0.1) is 6.92 Å². The van der Waals surface area contributed by atoms with Gasteiger partial charge in [-0.1, -0.05) is 29.8 Å². The van der Waals surface area contributed by atoms with Crippen molar-refractivity contribution < 1.29 is 4.39 Å². The molecule has 0 aliphatic heterocycles. The molecule has 2 rings (SSSR count). The maximum absolute atomic E-state index is 14.0. The smallest absolute Gasteiger partial charge is 0.152 e. The van der Waals surface area contributed by atoms with Crippen LogP contribution in [0.4, 0.5) is 4.39 Å². The van der Waals surface area contributed by atoms with Gasteiger partial charge in [0.25, 0.3) is 0 Å². The van der Waals surface area contributed by atoms with Crippen molar-refractivity contribution in [2.45, 2.75) is 13.1 Å². The third kappa shape index (κ3) is 2.09. The van der Waals surface area contributed by atoms with Gasteiger partial charge in [0.15, 0.2) is 6.17 Å². The zero-order valence-corrected chi connectivity index (χ0v) is 8.94. The zero-order chi connectivity index (χ0) is 10.8. The van der Waals surface area contributed by atoms with Gasteiger partial charge in [-0.05, 0) is 18.6 Å². The highest BCUT2D eigenvalue weighted by Crippen LogP contribution is 2.26. The summed E-state index contributed by atoms with van der Waals surface area (Å²) in [5, 5.41) is 0. The second-order valence-electron chi connectivity index (χ2n) is 3.89. The summed E-state index contributed by atoms with van der Waals surface area (Å²) in [5.74, 6) is 0. The van der Waals surface area contributed by atoms with Crippen molar-refractivity contribution in [1.29, 1.82) is 0 Å². The van der Waals surface area contributed by atoms with Crippen molar-refractivity contribution in [3.63, 3.8) is 0 Å². The summed E-state index contributed by atoms with van der Waals surface area (Å²) in [5.41, 5.74) is 2.52. The Morgan fingerprint density at radius 1 is 1.20 bits per heavy atom. The number of hydrogen-bond donors (Lipinski definition) is 0. The summed E-state index contributed by atoms with van der Waals surface area (Å²) in [6.07, 6.45) is 2.65. The second-order valence-corrected chi connectivity index (χ2v) is 3.89. The standard InChI is InChI=1S/C13H14FN/c1-10-4-3-5-11(8-10)13(14)12-6-7-15(2)9-12/h3-9,13H,1-2H3. The van der Waals surface area contributed by atoms with E-state index in [-0.39, 0.29) is 0 Å². The Morgan fingerprint density at radius 3 is 2.60 bits per heavy atom. The number of aromatic nitrogens is 1. The number of nitrogens with zero attached hydrogens (tertiary/aromatic N) is 1. The molecule has 0 saturated heterocycles. The van der Waals surface area contributed by atoms with E-state index < -0.39 is 6.17 Å². The van der Waals surface area contributed by atoms with E-state index in [4.69, 9.17) is 0 Å². The fourth-order valence-corrected chi connectivity index (χ4v) is 1.69. The molecule has 0 amide bonds. The summed E-state index contributed by atoms with van der Waals surface area (Å²) < 4.78 is 15.9. The lowest BCUT2D eigenvalue weighted by atomic mass is 10.0. The first-order valence-corrected chi connectivity index (χ1v) is 4.99. The van der Waals surface area contributed by atoms with Crippen LogP contribution in [0.25, 0.3) is 0 Å². The quantitative estimate of drug-likeness (QED) is 0.705. The first-order valence-electron chi connectivity index (χ1n) is 4.99. The highest BCUT2D eigenvalue weighted by Gasteiger charge is 2.13. The lowest BCUT2D eigenvalue weighted by Crippen LogP contribution is -1.93. The lowest BCUT2D eigenvalue weighted by Gasteiger charge is -2.07. The Morgan fingerprint density at radius 2 is 2.00 bits per heavy atom. The van der Waals surface area contributed by atoms with Gasteiger partial charge in [-0.2, -0.15) is 0 Å². The number of rotatable bonds is 2. The average molecular weight is 203 g/mol. The molecular formula is C13H14FN. The van der Waals surface area contributed by atoms with E-state index in [9.17, 15) is 4.39 Å². The summed E-state index contributed by atoms with van der Waals surface area (Å²) in [4.78, 5) is 0. The maximum Gasteiger partial charge on any atom is 0.152 e. The molecule has 0 spiro atoms. The number of hydrogen-bond acceptors (Lipinski definition) is 0. The van der Waals surface area contributed by atoms with Crippen molar-refractivity contribution >= 4 is 0 Å². The normalized spacial score (nSPS) is 12.7. The highest BCUT2D eigenvalue weighted by molar-refractivity contribution is 5.31. The summed E-state index contributed by atoms with van der Waals surface area (Å²) in [6.45, 7) is 1.97. The Balaban J connectivity index is 2.32. The van der Waals surface area contributed by atoms with Crippen LogP contribution in [0.2, 0.25) is 0 Å². The predicted octanol–water partition coefficient (Wildman–Crippen LogP) is 3.39. The van der Waals surface area contributed by atoms with Crippen LogP contribution < -0.4 is 0 Å². The van der Waals surface area contributed by atoms with Crippen LogP contribution in [0.5, 0.6) is 0 Å². The largest absolute Gasteiger partial charge is 0.357 e. The average Bonchev–Trinajstić information content (AvgIpc) is 2.64. The lowest BCUT2D eigenvalue weighted by molar-refractivity contribution is 0.401.